The molecule has 2 heteroatoms. The van der Waals surface area contributed by atoms with E-state index in [1.54, 1.807) is 0 Å². The summed E-state index contributed by atoms with van der Waals surface area (Å²) < 4.78 is 0. The molecule has 3 unspecified atom stereocenters. The van der Waals surface area contributed by atoms with Gasteiger partial charge in [0, 0.05) is 19.1 Å². The summed E-state index contributed by atoms with van der Waals surface area (Å²) >= 11 is 0. The SMILES string of the molecule is CCCNC(CN1CCC(C)C(C)C1)C1CCCC1. The van der Waals surface area contributed by atoms with Crippen LogP contribution < -0.4 is 5.32 Å². The molecule has 112 valence electrons. The average molecular weight is 266 g/mol. The molecule has 1 saturated heterocycles. The summed E-state index contributed by atoms with van der Waals surface area (Å²) in [7, 11) is 0. The van der Waals surface area contributed by atoms with E-state index in [4.69, 9.17) is 0 Å². The second-order valence-electron chi connectivity index (χ2n) is 7.11. The van der Waals surface area contributed by atoms with Gasteiger partial charge in [-0.1, -0.05) is 33.6 Å². The van der Waals surface area contributed by atoms with Crippen molar-refractivity contribution in [2.45, 2.75) is 65.3 Å². The predicted molar refractivity (Wildman–Crippen MR) is 83.4 cm³/mol. The normalized spacial score (nSPS) is 31.7. The summed E-state index contributed by atoms with van der Waals surface area (Å²) in [6.07, 6.45) is 8.50. The zero-order valence-corrected chi connectivity index (χ0v) is 13.3. The van der Waals surface area contributed by atoms with Crippen LogP contribution in [0.25, 0.3) is 0 Å². The van der Waals surface area contributed by atoms with E-state index in [1.807, 2.05) is 0 Å². The van der Waals surface area contributed by atoms with Gasteiger partial charge in [0.1, 0.15) is 0 Å². The number of nitrogens with zero attached hydrogens (tertiary/aromatic N) is 1. The Kier molecular flexibility index (Phi) is 6.15. The number of nitrogens with one attached hydrogen (secondary N) is 1. The van der Waals surface area contributed by atoms with E-state index in [-0.39, 0.29) is 0 Å². The highest BCUT2D eigenvalue weighted by molar-refractivity contribution is 4.85. The van der Waals surface area contributed by atoms with E-state index in [0.29, 0.717) is 0 Å². The van der Waals surface area contributed by atoms with Gasteiger partial charge >= 0.3 is 0 Å². The molecule has 2 nitrogen and oxygen atoms in total. The maximum Gasteiger partial charge on any atom is 0.0223 e. The first-order chi connectivity index (χ1) is 9.20. The summed E-state index contributed by atoms with van der Waals surface area (Å²) in [4.78, 5) is 2.73. The van der Waals surface area contributed by atoms with Crippen LogP contribution in [-0.2, 0) is 0 Å². The first-order valence-electron chi connectivity index (χ1n) is 8.66. The molecule has 1 N–H and O–H groups in total. The van der Waals surface area contributed by atoms with Crippen LogP contribution in [0.4, 0.5) is 0 Å². The van der Waals surface area contributed by atoms with Gasteiger partial charge in [-0.3, -0.25) is 0 Å². The van der Waals surface area contributed by atoms with Crippen molar-refractivity contribution in [2.24, 2.45) is 17.8 Å². The zero-order chi connectivity index (χ0) is 13.7. The fourth-order valence-electron chi connectivity index (χ4n) is 3.86. The fraction of sp³-hybridized carbons (Fsp3) is 1.00. The highest BCUT2D eigenvalue weighted by Crippen LogP contribution is 2.29. The Morgan fingerprint density at radius 3 is 2.47 bits per heavy atom. The van der Waals surface area contributed by atoms with Crippen molar-refractivity contribution in [2.75, 3.05) is 26.2 Å². The van der Waals surface area contributed by atoms with Crippen LogP contribution in [0.5, 0.6) is 0 Å². The molecular weight excluding hydrogens is 232 g/mol. The molecule has 0 aromatic rings. The van der Waals surface area contributed by atoms with Crippen molar-refractivity contribution < 1.29 is 0 Å². The number of hydrogen-bond donors (Lipinski definition) is 1. The van der Waals surface area contributed by atoms with Gasteiger partial charge in [-0.05, 0) is 56.5 Å². The van der Waals surface area contributed by atoms with Gasteiger partial charge in [-0.15, -0.1) is 0 Å². The molecule has 1 aliphatic heterocycles. The molecule has 0 aromatic heterocycles. The summed E-state index contributed by atoms with van der Waals surface area (Å²) in [5.41, 5.74) is 0. The molecule has 0 radical (unpaired) electrons. The number of rotatable bonds is 6. The minimum atomic E-state index is 0.753. The van der Waals surface area contributed by atoms with Gasteiger partial charge in [0.2, 0.25) is 0 Å². The Bertz CT molecular complexity index is 248. The highest BCUT2D eigenvalue weighted by Gasteiger charge is 2.29. The Balaban J connectivity index is 1.84. The quantitative estimate of drug-likeness (QED) is 0.791. The minimum Gasteiger partial charge on any atom is -0.312 e. The fourth-order valence-corrected chi connectivity index (χ4v) is 3.86. The van der Waals surface area contributed by atoms with Crippen molar-refractivity contribution in [3.63, 3.8) is 0 Å². The largest absolute Gasteiger partial charge is 0.312 e. The summed E-state index contributed by atoms with van der Waals surface area (Å²) in [5, 5.41) is 3.84. The third kappa shape index (κ3) is 4.46. The lowest BCUT2D eigenvalue weighted by atomic mass is 9.88. The van der Waals surface area contributed by atoms with Crippen molar-refractivity contribution in [1.29, 1.82) is 0 Å². The predicted octanol–water partition coefficient (Wildman–Crippen LogP) is 3.52. The summed E-state index contributed by atoms with van der Waals surface area (Å²) in [6.45, 7) is 12.3. The number of hydrogen-bond acceptors (Lipinski definition) is 2. The highest BCUT2D eigenvalue weighted by atomic mass is 15.2. The molecule has 2 fully saturated rings. The van der Waals surface area contributed by atoms with Crippen LogP contribution in [0.3, 0.4) is 0 Å². The van der Waals surface area contributed by atoms with Gasteiger partial charge in [0.25, 0.3) is 0 Å². The molecule has 2 rings (SSSR count). The van der Waals surface area contributed by atoms with Crippen LogP contribution in [0.2, 0.25) is 0 Å². The Morgan fingerprint density at radius 2 is 1.84 bits per heavy atom. The van der Waals surface area contributed by atoms with Crippen LogP contribution in [0.1, 0.15) is 59.3 Å². The van der Waals surface area contributed by atoms with Crippen LogP contribution in [0.15, 0.2) is 0 Å². The van der Waals surface area contributed by atoms with E-state index in [0.717, 1.165) is 23.8 Å². The average Bonchev–Trinajstić information content (AvgIpc) is 2.92. The summed E-state index contributed by atoms with van der Waals surface area (Å²) in [5.74, 6) is 2.75. The van der Waals surface area contributed by atoms with E-state index in [1.165, 1.54) is 64.7 Å². The van der Waals surface area contributed by atoms with Gasteiger partial charge in [0.05, 0.1) is 0 Å². The molecule has 2 aliphatic rings. The standard InChI is InChI=1S/C17H34N2/c1-4-10-18-17(16-7-5-6-8-16)13-19-11-9-14(2)15(3)12-19/h14-18H,4-13H2,1-3H3. The van der Waals surface area contributed by atoms with Crippen molar-refractivity contribution >= 4 is 0 Å². The molecular formula is C17H34N2. The number of likely N-dealkylation sites (tertiary alicyclic amines) is 1. The Morgan fingerprint density at radius 1 is 1.11 bits per heavy atom. The molecule has 1 aliphatic carbocycles. The van der Waals surface area contributed by atoms with E-state index < -0.39 is 0 Å². The molecule has 0 amide bonds. The van der Waals surface area contributed by atoms with Crippen molar-refractivity contribution in [1.82, 2.24) is 10.2 Å². The molecule has 0 spiro atoms. The molecule has 0 aromatic carbocycles. The third-order valence-corrected chi connectivity index (χ3v) is 5.50. The lowest BCUT2D eigenvalue weighted by Gasteiger charge is -2.38. The van der Waals surface area contributed by atoms with Crippen molar-refractivity contribution in [3.8, 4) is 0 Å². The van der Waals surface area contributed by atoms with Crippen LogP contribution >= 0.6 is 0 Å². The van der Waals surface area contributed by atoms with Gasteiger partial charge in [-0.2, -0.15) is 0 Å². The zero-order valence-electron chi connectivity index (χ0n) is 13.3. The molecule has 1 saturated carbocycles. The lowest BCUT2D eigenvalue weighted by molar-refractivity contribution is 0.116. The van der Waals surface area contributed by atoms with Gasteiger partial charge < -0.3 is 10.2 Å². The topological polar surface area (TPSA) is 15.3 Å². The second kappa shape index (κ2) is 7.64. The molecule has 0 bridgehead atoms. The van der Waals surface area contributed by atoms with Gasteiger partial charge in [-0.25, -0.2) is 0 Å². The number of piperidine rings is 1. The lowest BCUT2D eigenvalue weighted by Crippen LogP contribution is -2.49. The molecule has 3 atom stereocenters. The maximum atomic E-state index is 3.84. The minimum absolute atomic E-state index is 0.753. The Hall–Kier alpha value is -0.0800. The van der Waals surface area contributed by atoms with E-state index in [9.17, 15) is 0 Å². The van der Waals surface area contributed by atoms with Crippen molar-refractivity contribution in [3.05, 3.63) is 0 Å². The maximum absolute atomic E-state index is 3.84. The summed E-state index contributed by atoms with van der Waals surface area (Å²) in [6, 6.07) is 0.753. The molecule has 19 heavy (non-hydrogen) atoms. The third-order valence-electron chi connectivity index (χ3n) is 5.50. The van der Waals surface area contributed by atoms with Crippen LogP contribution in [0, 0.1) is 17.8 Å². The van der Waals surface area contributed by atoms with E-state index in [2.05, 4.69) is 31.0 Å². The first kappa shape index (κ1) is 15.3. The smallest absolute Gasteiger partial charge is 0.0223 e. The molecule has 1 heterocycles. The second-order valence-corrected chi connectivity index (χ2v) is 7.11. The first-order valence-corrected chi connectivity index (χ1v) is 8.66. The monoisotopic (exact) mass is 266 g/mol. The Labute approximate surface area is 120 Å². The van der Waals surface area contributed by atoms with Crippen LogP contribution in [-0.4, -0.2) is 37.1 Å². The van der Waals surface area contributed by atoms with E-state index >= 15 is 0 Å². The van der Waals surface area contributed by atoms with Gasteiger partial charge in [0.15, 0.2) is 0 Å².